The Morgan fingerprint density at radius 3 is 1.51 bits per heavy atom. The average molecular weight is 1240 g/mol. The van der Waals surface area contributed by atoms with Crippen LogP contribution in [0.3, 0.4) is 0 Å². The predicted molar refractivity (Wildman–Crippen MR) is 355 cm³/mol. The molecule has 0 aliphatic heterocycles. The molecule has 0 saturated carbocycles. The number of carbonyl (C=O) groups is 8. The summed E-state index contributed by atoms with van der Waals surface area (Å²) in [7, 11) is 4.82. The van der Waals surface area contributed by atoms with E-state index in [0.29, 0.717) is 44.3 Å². The van der Waals surface area contributed by atoms with Crippen molar-refractivity contribution >= 4 is 68.8 Å². The molecule has 0 spiro atoms. The van der Waals surface area contributed by atoms with Gasteiger partial charge in [0.15, 0.2) is 0 Å². The molecule has 8 amide bonds. The SMILES string of the molecule is CC(C)(N)C(=O)N[C@@H](Cc1c[nH]cn1)C(=O)N[C@H](Cc1ccc2ccccc2c1)C(=O)N[C@H](Cc1ccccc1)C(=O)N[C@@H](CCCCN)C(N)=O.CNC(=O)[C@@H](Cc1ccccc1)N(C)C(=O)[C@@H](Cc1ccc2ccccc2c1)N(C)C(=O)/C=C/CC(C)(C)N. The van der Waals surface area contributed by atoms with Crippen LogP contribution in [0.5, 0.6) is 0 Å². The molecular weight excluding hydrogens is 1150 g/mol. The Bertz CT molecular complexity index is 3590. The second kappa shape index (κ2) is 33.9. The Morgan fingerprint density at radius 2 is 1.02 bits per heavy atom. The number of amides is 8. The van der Waals surface area contributed by atoms with E-state index in [4.69, 9.17) is 22.9 Å². The van der Waals surface area contributed by atoms with Crippen LogP contribution in [0.25, 0.3) is 21.5 Å². The Kier molecular flexibility index (Phi) is 26.2. The summed E-state index contributed by atoms with van der Waals surface area (Å²) >= 11 is 0. The van der Waals surface area contributed by atoms with Gasteiger partial charge in [-0.25, -0.2) is 4.98 Å². The number of likely N-dealkylation sites (N-methyl/N-ethyl adjacent to an activating group) is 3. The molecule has 482 valence electrons. The molecule has 0 saturated heterocycles. The number of aromatic nitrogens is 2. The van der Waals surface area contributed by atoms with E-state index in [2.05, 4.69) is 36.6 Å². The maximum Gasteiger partial charge on any atom is 0.246 e. The monoisotopic (exact) mass is 1240 g/mol. The van der Waals surface area contributed by atoms with Gasteiger partial charge in [-0.2, -0.15) is 0 Å². The minimum Gasteiger partial charge on any atom is -0.368 e. The fourth-order valence-corrected chi connectivity index (χ4v) is 10.1. The minimum atomic E-state index is -1.29. The van der Waals surface area contributed by atoms with Crippen LogP contribution in [0.4, 0.5) is 0 Å². The molecule has 1 heterocycles. The van der Waals surface area contributed by atoms with Crippen LogP contribution in [0.2, 0.25) is 0 Å². The van der Waals surface area contributed by atoms with E-state index in [1.165, 1.54) is 36.1 Å². The summed E-state index contributed by atoms with van der Waals surface area (Å²) in [4.78, 5) is 117. The second-order valence-corrected chi connectivity index (χ2v) is 24.2. The number of hydrogen-bond acceptors (Lipinski definition) is 12. The van der Waals surface area contributed by atoms with Gasteiger partial charge >= 0.3 is 0 Å². The Balaban J connectivity index is 0.000000302. The number of primary amides is 1. The zero-order valence-corrected chi connectivity index (χ0v) is 53.1. The normalized spacial score (nSPS) is 13.5. The number of nitrogens with two attached hydrogens (primary N) is 4. The van der Waals surface area contributed by atoms with E-state index in [-0.39, 0.29) is 43.4 Å². The molecule has 91 heavy (non-hydrogen) atoms. The molecule has 0 radical (unpaired) electrons. The molecule has 6 atom stereocenters. The first-order chi connectivity index (χ1) is 43.3. The quantitative estimate of drug-likeness (QED) is 0.0218. The van der Waals surface area contributed by atoms with Gasteiger partial charge in [0.1, 0.15) is 36.3 Å². The topological polar surface area (TPSA) is 336 Å². The third kappa shape index (κ3) is 22.2. The van der Waals surface area contributed by atoms with E-state index < -0.39 is 76.9 Å². The Labute approximate surface area is 532 Å². The van der Waals surface area contributed by atoms with Crippen LogP contribution in [0, 0.1) is 0 Å². The number of nitrogens with one attached hydrogen (secondary N) is 6. The first kappa shape index (κ1) is 70.5. The fraction of sp³-hybridized carbons (Fsp3) is 0.357. The molecule has 1 aromatic heterocycles. The molecule has 0 aliphatic rings. The van der Waals surface area contributed by atoms with Crippen LogP contribution in [0.1, 0.15) is 81.3 Å². The Morgan fingerprint density at radius 1 is 0.549 bits per heavy atom. The summed E-state index contributed by atoms with van der Waals surface area (Å²) in [6.45, 7) is 7.23. The van der Waals surface area contributed by atoms with Crippen molar-refractivity contribution in [3.8, 4) is 0 Å². The van der Waals surface area contributed by atoms with Gasteiger partial charge in [0.25, 0.3) is 0 Å². The highest BCUT2D eigenvalue weighted by Crippen LogP contribution is 2.22. The van der Waals surface area contributed by atoms with E-state index in [0.717, 1.165) is 43.8 Å². The number of aromatic amines is 1. The van der Waals surface area contributed by atoms with Crippen molar-refractivity contribution < 1.29 is 38.4 Å². The summed E-state index contributed by atoms with van der Waals surface area (Å²) in [5.41, 5.74) is 25.4. The van der Waals surface area contributed by atoms with Crippen LogP contribution in [0.15, 0.2) is 170 Å². The summed E-state index contributed by atoms with van der Waals surface area (Å²) in [6.07, 6.45) is 9.09. The van der Waals surface area contributed by atoms with Gasteiger partial charge in [0, 0.05) is 65.0 Å². The van der Waals surface area contributed by atoms with Crippen molar-refractivity contribution in [2.45, 2.75) is 133 Å². The van der Waals surface area contributed by atoms with Gasteiger partial charge in [-0.15, -0.1) is 0 Å². The number of imidazole rings is 1. The molecule has 0 aliphatic carbocycles. The first-order valence-electron chi connectivity index (χ1n) is 30.6. The van der Waals surface area contributed by atoms with Crippen LogP contribution < -0.4 is 49.5 Å². The third-order valence-electron chi connectivity index (χ3n) is 15.5. The maximum absolute atomic E-state index is 14.3. The zero-order chi connectivity index (χ0) is 66.3. The highest BCUT2D eigenvalue weighted by molar-refractivity contribution is 5.98. The number of fused-ring (bicyclic) bond motifs is 2. The minimum absolute atomic E-state index is 0.0131. The standard InChI is InChI=1S/C38H49N9O5.C32H40N4O3/c1-38(2,41)37(52)47-32(21-28-22-42-23-43-28)36(51)46-31(20-25-15-16-26-12-6-7-13-27(26)18-25)35(50)45-30(19-24-10-4-3-5-11-24)34(49)44-29(33(40)48)14-8-9-17-39;1-32(2,33)19-11-16-29(37)35(4)28(22-24-17-18-25-14-9-10-15-26(25)20-24)31(39)36(5)27(30(38)34-3)21-23-12-7-6-8-13-23/h3-7,10-13,15-16,18,22-23,29-32H,8-9,14,17,19-21,39,41H2,1-2H3,(H2,40,48)(H,42,43)(H,44,49)(H,45,50)(H,46,51)(H,47,52);6-18,20,27-28H,19,21-22,33H2,1-5H3,(H,34,38)/b;16-11+/t29-,30+,31+,32-;27-,28-/m01/s1. The summed E-state index contributed by atoms with van der Waals surface area (Å²) in [5.74, 6) is -4.07. The van der Waals surface area contributed by atoms with Gasteiger partial charge in [-0.1, -0.05) is 152 Å². The molecule has 21 heteroatoms. The average Bonchev–Trinajstić information content (AvgIpc) is 1.38. The van der Waals surface area contributed by atoms with Crippen molar-refractivity contribution in [1.82, 2.24) is 46.4 Å². The molecule has 7 aromatic rings. The van der Waals surface area contributed by atoms with E-state index in [1.54, 1.807) is 33.4 Å². The summed E-state index contributed by atoms with van der Waals surface area (Å²) in [6, 6.07) is 40.2. The first-order valence-corrected chi connectivity index (χ1v) is 30.6. The molecule has 6 aromatic carbocycles. The highest BCUT2D eigenvalue weighted by Gasteiger charge is 2.36. The largest absolute Gasteiger partial charge is 0.368 e. The number of benzene rings is 6. The van der Waals surface area contributed by atoms with Crippen LogP contribution in [-0.2, 0) is 70.5 Å². The van der Waals surface area contributed by atoms with Crippen molar-refractivity contribution in [3.05, 3.63) is 198 Å². The summed E-state index contributed by atoms with van der Waals surface area (Å²) in [5, 5.41) is 17.8. The van der Waals surface area contributed by atoms with Gasteiger partial charge in [-0.05, 0) is 110 Å². The predicted octanol–water partition coefficient (Wildman–Crippen LogP) is 4.59. The lowest BCUT2D eigenvalue weighted by atomic mass is 9.98. The number of rotatable bonds is 30. The lowest BCUT2D eigenvalue weighted by Crippen LogP contribution is -2.60. The third-order valence-corrected chi connectivity index (χ3v) is 15.5. The van der Waals surface area contributed by atoms with E-state index >= 15 is 0 Å². The van der Waals surface area contributed by atoms with Gasteiger partial charge in [0.2, 0.25) is 47.3 Å². The van der Waals surface area contributed by atoms with E-state index in [9.17, 15) is 38.4 Å². The van der Waals surface area contributed by atoms with Crippen molar-refractivity contribution in [1.29, 1.82) is 0 Å². The fourth-order valence-electron chi connectivity index (χ4n) is 10.1. The second-order valence-electron chi connectivity index (χ2n) is 24.2. The molecule has 0 fully saturated rings. The van der Waals surface area contributed by atoms with Crippen molar-refractivity contribution in [2.24, 2.45) is 22.9 Å². The molecular formula is C70H89N13O8. The lowest BCUT2D eigenvalue weighted by Gasteiger charge is -2.34. The lowest BCUT2D eigenvalue weighted by molar-refractivity contribution is -0.146. The molecule has 0 unspecified atom stereocenters. The number of nitrogens with zero attached hydrogens (tertiary/aromatic N) is 3. The molecule has 7 rings (SSSR count). The smallest absolute Gasteiger partial charge is 0.246 e. The van der Waals surface area contributed by atoms with Gasteiger partial charge < -0.3 is 64.3 Å². The highest BCUT2D eigenvalue weighted by atomic mass is 16.2. The number of unbranched alkanes of at least 4 members (excludes halogenated alkanes) is 1. The van der Waals surface area contributed by atoms with E-state index in [1.807, 2.05) is 159 Å². The molecule has 0 bridgehead atoms. The van der Waals surface area contributed by atoms with Gasteiger partial charge in [0.05, 0.1) is 17.6 Å². The maximum atomic E-state index is 14.3. The number of carbonyl (C=O) groups excluding carboxylic acids is 8. The van der Waals surface area contributed by atoms with Crippen LogP contribution in [-0.4, -0.2) is 142 Å². The Hall–Kier alpha value is -9.57. The number of hydrogen-bond donors (Lipinski definition) is 10. The molecule has 14 N–H and O–H groups in total. The van der Waals surface area contributed by atoms with Gasteiger partial charge in [-0.3, -0.25) is 38.4 Å². The zero-order valence-electron chi connectivity index (χ0n) is 53.1. The van der Waals surface area contributed by atoms with Crippen LogP contribution >= 0.6 is 0 Å². The van der Waals surface area contributed by atoms with Crippen molar-refractivity contribution in [3.63, 3.8) is 0 Å². The summed E-state index contributed by atoms with van der Waals surface area (Å²) < 4.78 is 0. The number of H-pyrrole nitrogens is 1. The molecule has 21 nitrogen and oxygen atoms in total. The van der Waals surface area contributed by atoms with Crippen molar-refractivity contribution in [2.75, 3.05) is 27.7 Å².